The zero-order valence-corrected chi connectivity index (χ0v) is 26.3. The van der Waals surface area contributed by atoms with Crippen molar-refractivity contribution in [3.05, 3.63) is 28.8 Å². The molecule has 0 spiro atoms. The minimum absolute atomic E-state index is 0.133. The molecule has 0 aliphatic rings. The fourth-order valence-electron chi connectivity index (χ4n) is 5.10. The number of rotatable bonds is 20. The number of unbranched alkanes of at least 4 members (excludes halogenated alkanes) is 15. The van der Waals surface area contributed by atoms with E-state index < -0.39 is 0 Å². The lowest BCUT2D eigenvalue weighted by molar-refractivity contribution is -0.143. The highest BCUT2D eigenvalue weighted by Gasteiger charge is 2.27. The lowest BCUT2D eigenvalue weighted by Gasteiger charge is -2.27. The number of carbonyl (C=O) groups is 1. The number of hydrogen-bond donors (Lipinski definition) is 0. The van der Waals surface area contributed by atoms with Crippen molar-refractivity contribution in [3.8, 4) is 5.75 Å². The Morgan fingerprint density at radius 3 is 1.37 bits per heavy atom. The second kappa shape index (κ2) is 18.7. The zero-order chi connectivity index (χ0) is 28.4. The van der Waals surface area contributed by atoms with Crippen LogP contribution in [0.1, 0.15) is 174 Å². The Morgan fingerprint density at radius 2 is 1.00 bits per heavy atom. The predicted octanol–water partition coefficient (Wildman–Crippen LogP) is 11.2. The third-order valence-electron chi connectivity index (χ3n) is 7.64. The summed E-state index contributed by atoms with van der Waals surface area (Å²) < 4.78 is 5.50. The lowest BCUT2D eigenvalue weighted by atomic mass is 9.78. The molecular weight excluding hydrogens is 468 g/mol. The molecule has 0 bridgehead atoms. The van der Waals surface area contributed by atoms with Crippen LogP contribution in [0.25, 0.3) is 0 Å². The highest BCUT2D eigenvalue weighted by molar-refractivity contribution is 5.69. The number of hydrogen-bond acceptors (Lipinski definition) is 2. The smallest absolute Gasteiger partial charge is 0.306 e. The Morgan fingerprint density at radius 1 is 0.632 bits per heavy atom. The number of esters is 1. The van der Waals surface area contributed by atoms with Crippen molar-refractivity contribution < 1.29 is 14.6 Å². The first-order chi connectivity index (χ1) is 18.0. The summed E-state index contributed by atoms with van der Waals surface area (Å²) in [5, 5.41) is 13.0. The van der Waals surface area contributed by atoms with E-state index in [1.54, 1.807) is 0 Å². The minimum Gasteiger partial charge on any atom is -0.466 e. The molecule has 0 aromatic heterocycles. The zero-order valence-electron chi connectivity index (χ0n) is 26.3. The monoisotopic (exact) mass is 529 g/mol. The summed E-state index contributed by atoms with van der Waals surface area (Å²) in [6.45, 7) is 15.3. The predicted molar refractivity (Wildman–Crippen MR) is 163 cm³/mol. The highest BCUT2D eigenvalue weighted by atomic mass is 16.5. The first kappa shape index (κ1) is 34.5. The standard InChI is InChI=1S/C35H61O3/c1-8-9-10-11-12-13-14-15-16-17-18-19-20-21-22-23-26-38-32(36)25-24-29-27-30(34(2,3)4)33(37)31(28-29)35(5,6)7/h27-28H,8-26H2,1-7H3. The maximum Gasteiger partial charge on any atom is 0.306 e. The lowest BCUT2D eigenvalue weighted by Crippen LogP contribution is -2.18. The van der Waals surface area contributed by atoms with Crippen molar-refractivity contribution in [2.45, 2.75) is 175 Å². The Bertz CT molecular complexity index is 731. The second-order valence-corrected chi connectivity index (χ2v) is 13.5. The van der Waals surface area contributed by atoms with Gasteiger partial charge >= 0.3 is 5.97 Å². The molecule has 0 aliphatic heterocycles. The molecule has 0 aliphatic carbocycles. The molecule has 1 aromatic rings. The van der Waals surface area contributed by atoms with Crippen molar-refractivity contribution in [2.24, 2.45) is 0 Å². The average Bonchev–Trinajstić information content (AvgIpc) is 2.83. The van der Waals surface area contributed by atoms with Crippen molar-refractivity contribution >= 4 is 5.97 Å². The summed E-state index contributed by atoms with van der Waals surface area (Å²) in [4.78, 5) is 12.3. The van der Waals surface area contributed by atoms with E-state index in [2.05, 4.69) is 48.5 Å². The third kappa shape index (κ3) is 15.2. The van der Waals surface area contributed by atoms with E-state index in [1.165, 1.54) is 89.9 Å². The first-order valence-corrected chi connectivity index (χ1v) is 16.0. The molecule has 1 aromatic carbocycles. The number of carbonyl (C=O) groups excluding carboxylic acids is 1. The Labute approximate surface area is 236 Å². The van der Waals surface area contributed by atoms with Crippen LogP contribution < -0.4 is 0 Å². The highest BCUT2D eigenvalue weighted by Crippen LogP contribution is 2.40. The molecule has 0 atom stereocenters. The largest absolute Gasteiger partial charge is 0.466 e. The molecular formula is C35H61O3. The summed E-state index contributed by atoms with van der Waals surface area (Å²) in [6, 6.07) is 4.00. The molecule has 3 heteroatoms. The van der Waals surface area contributed by atoms with Gasteiger partial charge in [-0.2, -0.15) is 0 Å². The van der Waals surface area contributed by atoms with Gasteiger partial charge in [0.2, 0.25) is 0 Å². The summed E-state index contributed by atoms with van der Waals surface area (Å²) in [5.41, 5.74) is 2.28. The van der Waals surface area contributed by atoms with E-state index in [9.17, 15) is 9.90 Å². The van der Waals surface area contributed by atoms with Gasteiger partial charge in [-0.3, -0.25) is 9.90 Å². The van der Waals surface area contributed by atoms with Crippen LogP contribution in [0.4, 0.5) is 0 Å². The SMILES string of the molecule is CCCCCCCCCCCCCCCCCCOC(=O)CCc1cc(C(C)(C)C)c([O])c(C(C)(C)C)c1. The summed E-state index contributed by atoms with van der Waals surface area (Å²) in [7, 11) is 0. The first-order valence-electron chi connectivity index (χ1n) is 16.0. The van der Waals surface area contributed by atoms with Gasteiger partial charge in [0, 0.05) is 17.5 Å². The van der Waals surface area contributed by atoms with E-state index in [-0.39, 0.29) is 22.5 Å². The van der Waals surface area contributed by atoms with Gasteiger partial charge in [0.05, 0.1) is 6.61 Å². The molecule has 0 amide bonds. The normalized spacial score (nSPS) is 12.2. The van der Waals surface area contributed by atoms with Crippen LogP contribution in [0.15, 0.2) is 12.1 Å². The van der Waals surface area contributed by atoms with Crippen LogP contribution >= 0.6 is 0 Å². The minimum atomic E-state index is -0.221. The summed E-state index contributed by atoms with van der Waals surface area (Å²) in [6.07, 6.45) is 22.4. The van der Waals surface area contributed by atoms with Gasteiger partial charge in [0.15, 0.2) is 5.75 Å². The Hall–Kier alpha value is -1.51. The molecule has 3 nitrogen and oxygen atoms in total. The van der Waals surface area contributed by atoms with Crippen LogP contribution in [0.3, 0.4) is 0 Å². The van der Waals surface area contributed by atoms with Crippen molar-refractivity contribution in [1.29, 1.82) is 0 Å². The molecule has 219 valence electrons. The van der Waals surface area contributed by atoms with Crippen molar-refractivity contribution in [2.75, 3.05) is 6.61 Å². The quantitative estimate of drug-likeness (QED) is 0.124. The summed E-state index contributed by atoms with van der Waals surface area (Å²) >= 11 is 0. The van der Waals surface area contributed by atoms with Gasteiger partial charge in [-0.15, -0.1) is 0 Å². The van der Waals surface area contributed by atoms with Gasteiger partial charge in [0.1, 0.15) is 0 Å². The molecule has 0 saturated carbocycles. The number of ether oxygens (including phenoxy) is 1. The fraction of sp³-hybridized carbons (Fsp3) is 0.800. The maximum atomic E-state index is 13.0. The van der Waals surface area contributed by atoms with E-state index in [1.807, 2.05) is 12.1 Å². The van der Waals surface area contributed by atoms with Crippen LogP contribution in [0.5, 0.6) is 5.75 Å². The van der Waals surface area contributed by atoms with Crippen LogP contribution in [0.2, 0.25) is 0 Å². The van der Waals surface area contributed by atoms with Crippen molar-refractivity contribution in [1.82, 2.24) is 0 Å². The van der Waals surface area contributed by atoms with Crippen LogP contribution in [-0.4, -0.2) is 12.6 Å². The molecule has 1 radical (unpaired) electrons. The van der Waals surface area contributed by atoms with Gasteiger partial charge in [-0.05, 0) is 29.2 Å². The fourth-order valence-corrected chi connectivity index (χ4v) is 5.10. The van der Waals surface area contributed by atoms with E-state index in [0.29, 0.717) is 19.4 Å². The van der Waals surface area contributed by atoms with Crippen molar-refractivity contribution in [3.63, 3.8) is 0 Å². The van der Waals surface area contributed by atoms with E-state index in [4.69, 9.17) is 4.74 Å². The molecule has 0 saturated heterocycles. The molecule has 0 fully saturated rings. The van der Waals surface area contributed by atoms with Crippen LogP contribution in [-0.2, 0) is 31.9 Å². The van der Waals surface area contributed by atoms with Crippen LogP contribution in [0, 0.1) is 0 Å². The van der Waals surface area contributed by atoms with E-state index >= 15 is 0 Å². The van der Waals surface area contributed by atoms with E-state index in [0.717, 1.165) is 29.5 Å². The Kier molecular flexibility index (Phi) is 17.0. The van der Waals surface area contributed by atoms with Gasteiger partial charge in [-0.1, -0.05) is 157 Å². The Balaban J connectivity index is 2.13. The third-order valence-corrected chi connectivity index (χ3v) is 7.64. The van der Waals surface area contributed by atoms with Gasteiger partial charge < -0.3 is 4.74 Å². The number of aryl methyl sites for hydroxylation is 1. The topological polar surface area (TPSA) is 46.2 Å². The average molecular weight is 530 g/mol. The second-order valence-electron chi connectivity index (χ2n) is 13.5. The molecule has 1 rings (SSSR count). The summed E-state index contributed by atoms with van der Waals surface area (Å²) in [5.74, 6) is 0.00611. The molecule has 0 unspecified atom stereocenters. The van der Waals surface area contributed by atoms with Gasteiger partial charge in [0.25, 0.3) is 0 Å². The molecule has 0 heterocycles. The van der Waals surface area contributed by atoms with Gasteiger partial charge in [-0.25, -0.2) is 0 Å². The molecule has 0 N–H and O–H groups in total. The number of benzene rings is 1. The molecule has 38 heavy (non-hydrogen) atoms. The maximum absolute atomic E-state index is 13.0.